The number of nitrogens with zero attached hydrogens (tertiary/aromatic N) is 1. The van der Waals surface area contributed by atoms with Gasteiger partial charge in [-0.1, -0.05) is 11.6 Å². The van der Waals surface area contributed by atoms with Gasteiger partial charge in [0.15, 0.2) is 0 Å². The quantitative estimate of drug-likeness (QED) is 0.841. The van der Waals surface area contributed by atoms with E-state index in [2.05, 4.69) is 5.32 Å². The monoisotopic (exact) mass is 238 g/mol. The lowest BCUT2D eigenvalue weighted by atomic mass is 10.2. The Morgan fingerprint density at radius 2 is 2.19 bits per heavy atom. The van der Waals surface area contributed by atoms with Crippen molar-refractivity contribution in [1.82, 2.24) is 0 Å². The van der Waals surface area contributed by atoms with E-state index in [1.165, 1.54) is 18.2 Å². The standard InChI is InChI=1S/C10H7ClN2O3/c11-8-2-1-6(5-7(8)10(15)16)13-9(14)3-4-12/h1-2,5H,3H2,(H,13,14)(H,15,16). The van der Waals surface area contributed by atoms with Crippen LogP contribution in [0.15, 0.2) is 18.2 Å². The van der Waals surface area contributed by atoms with Crippen molar-refractivity contribution in [2.45, 2.75) is 6.42 Å². The van der Waals surface area contributed by atoms with Crippen molar-refractivity contribution in [3.05, 3.63) is 28.8 Å². The maximum atomic E-state index is 11.1. The first-order valence-corrected chi connectivity index (χ1v) is 4.62. The van der Waals surface area contributed by atoms with Crippen LogP contribution in [-0.4, -0.2) is 17.0 Å². The molecule has 0 aliphatic carbocycles. The maximum Gasteiger partial charge on any atom is 0.337 e. The fourth-order valence-electron chi connectivity index (χ4n) is 1.04. The molecule has 5 nitrogen and oxygen atoms in total. The van der Waals surface area contributed by atoms with Crippen LogP contribution < -0.4 is 5.32 Å². The summed E-state index contributed by atoms with van der Waals surface area (Å²) in [4.78, 5) is 21.8. The highest BCUT2D eigenvalue weighted by Gasteiger charge is 2.10. The fraction of sp³-hybridized carbons (Fsp3) is 0.100. The number of aromatic carboxylic acids is 1. The molecule has 0 unspecified atom stereocenters. The number of rotatable bonds is 3. The summed E-state index contributed by atoms with van der Waals surface area (Å²) in [6.45, 7) is 0. The third-order valence-electron chi connectivity index (χ3n) is 1.72. The summed E-state index contributed by atoms with van der Waals surface area (Å²) in [5.41, 5.74) is 0.193. The Morgan fingerprint density at radius 1 is 1.50 bits per heavy atom. The third kappa shape index (κ3) is 2.97. The molecule has 1 rings (SSSR count). The van der Waals surface area contributed by atoms with Gasteiger partial charge < -0.3 is 10.4 Å². The van der Waals surface area contributed by atoms with Crippen molar-refractivity contribution in [2.24, 2.45) is 0 Å². The van der Waals surface area contributed by atoms with E-state index >= 15 is 0 Å². The largest absolute Gasteiger partial charge is 0.478 e. The molecule has 0 radical (unpaired) electrons. The highest BCUT2D eigenvalue weighted by molar-refractivity contribution is 6.33. The van der Waals surface area contributed by atoms with Crippen molar-refractivity contribution < 1.29 is 14.7 Å². The van der Waals surface area contributed by atoms with Crippen molar-refractivity contribution >= 4 is 29.2 Å². The summed E-state index contributed by atoms with van der Waals surface area (Å²) in [5.74, 6) is -1.68. The van der Waals surface area contributed by atoms with Gasteiger partial charge in [-0.25, -0.2) is 4.79 Å². The summed E-state index contributed by atoms with van der Waals surface area (Å²) < 4.78 is 0. The fourth-order valence-corrected chi connectivity index (χ4v) is 1.24. The van der Waals surface area contributed by atoms with Gasteiger partial charge in [-0.05, 0) is 18.2 Å². The predicted molar refractivity (Wildman–Crippen MR) is 57.3 cm³/mol. The molecular weight excluding hydrogens is 232 g/mol. The van der Waals surface area contributed by atoms with Crippen LogP contribution in [0.4, 0.5) is 5.69 Å². The van der Waals surface area contributed by atoms with Crippen molar-refractivity contribution in [1.29, 1.82) is 5.26 Å². The molecular formula is C10H7ClN2O3. The van der Waals surface area contributed by atoms with Crippen LogP contribution in [-0.2, 0) is 4.79 Å². The second kappa shape index (κ2) is 5.14. The second-order valence-electron chi connectivity index (χ2n) is 2.88. The molecule has 16 heavy (non-hydrogen) atoms. The Hall–Kier alpha value is -2.06. The first kappa shape index (κ1) is 12.0. The first-order chi connectivity index (χ1) is 7.54. The molecule has 0 bridgehead atoms. The molecule has 0 aliphatic heterocycles. The maximum absolute atomic E-state index is 11.1. The van der Waals surface area contributed by atoms with Crippen LogP contribution in [0.25, 0.3) is 0 Å². The molecule has 0 saturated carbocycles. The molecule has 0 spiro atoms. The lowest BCUT2D eigenvalue weighted by Crippen LogP contribution is -2.10. The van der Waals surface area contributed by atoms with E-state index in [4.69, 9.17) is 22.0 Å². The molecule has 1 aromatic rings. The van der Waals surface area contributed by atoms with E-state index in [9.17, 15) is 9.59 Å². The third-order valence-corrected chi connectivity index (χ3v) is 2.05. The number of carboxylic acid groups (broad SMARTS) is 1. The minimum absolute atomic E-state index is 0.0887. The second-order valence-corrected chi connectivity index (χ2v) is 3.29. The van der Waals surface area contributed by atoms with Gasteiger partial charge in [0, 0.05) is 5.69 Å². The van der Waals surface area contributed by atoms with E-state index in [-0.39, 0.29) is 17.0 Å². The number of carboxylic acids is 1. The number of hydrogen-bond donors (Lipinski definition) is 2. The van der Waals surface area contributed by atoms with Crippen molar-refractivity contribution in [2.75, 3.05) is 5.32 Å². The molecule has 6 heteroatoms. The zero-order chi connectivity index (χ0) is 12.1. The summed E-state index contributed by atoms with van der Waals surface area (Å²) in [7, 11) is 0. The Morgan fingerprint density at radius 3 is 2.75 bits per heavy atom. The molecule has 1 amide bonds. The summed E-state index contributed by atoms with van der Waals surface area (Å²) in [6, 6.07) is 5.75. The molecule has 0 aromatic heterocycles. The smallest absolute Gasteiger partial charge is 0.337 e. The van der Waals surface area contributed by atoms with Crippen LogP contribution in [0.5, 0.6) is 0 Å². The molecule has 2 N–H and O–H groups in total. The molecule has 82 valence electrons. The molecule has 1 aromatic carbocycles. The number of carbonyl (C=O) groups is 2. The molecule has 0 heterocycles. The van der Waals surface area contributed by atoms with Gasteiger partial charge in [0.2, 0.25) is 5.91 Å². The zero-order valence-electron chi connectivity index (χ0n) is 8.03. The number of benzene rings is 1. The Labute approximate surface area is 96.3 Å². The van der Waals surface area contributed by atoms with Crippen LogP contribution in [0.3, 0.4) is 0 Å². The van der Waals surface area contributed by atoms with Gasteiger partial charge in [-0.2, -0.15) is 5.26 Å². The van der Waals surface area contributed by atoms with Crippen LogP contribution >= 0.6 is 11.6 Å². The SMILES string of the molecule is N#CCC(=O)Nc1ccc(Cl)c(C(=O)O)c1. The van der Waals surface area contributed by atoms with E-state index < -0.39 is 11.9 Å². The van der Waals surface area contributed by atoms with Gasteiger partial charge in [-0.15, -0.1) is 0 Å². The lowest BCUT2D eigenvalue weighted by molar-refractivity contribution is -0.115. The van der Waals surface area contributed by atoms with Gasteiger partial charge in [0.05, 0.1) is 16.7 Å². The molecule has 0 saturated heterocycles. The van der Waals surface area contributed by atoms with Crippen LogP contribution in [0.2, 0.25) is 5.02 Å². The molecule has 0 aliphatic rings. The van der Waals surface area contributed by atoms with E-state index in [0.29, 0.717) is 5.69 Å². The topological polar surface area (TPSA) is 90.2 Å². The highest BCUT2D eigenvalue weighted by atomic mass is 35.5. The lowest BCUT2D eigenvalue weighted by Gasteiger charge is -2.05. The Bertz CT molecular complexity index is 479. The summed E-state index contributed by atoms with van der Waals surface area (Å²) in [6.07, 6.45) is -0.287. The van der Waals surface area contributed by atoms with Gasteiger partial charge >= 0.3 is 5.97 Å². The minimum atomic E-state index is -1.18. The average molecular weight is 239 g/mol. The predicted octanol–water partition coefficient (Wildman–Crippen LogP) is 1.89. The number of hydrogen-bond acceptors (Lipinski definition) is 3. The number of nitrogens with one attached hydrogen (secondary N) is 1. The van der Waals surface area contributed by atoms with Crippen LogP contribution in [0.1, 0.15) is 16.8 Å². The van der Waals surface area contributed by atoms with Gasteiger partial charge in [0.1, 0.15) is 6.42 Å². The number of amides is 1. The Kier molecular flexibility index (Phi) is 3.86. The van der Waals surface area contributed by atoms with Gasteiger partial charge in [0.25, 0.3) is 0 Å². The molecule has 0 atom stereocenters. The number of halogens is 1. The van der Waals surface area contributed by atoms with Gasteiger partial charge in [-0.3, -0.25) is 4.79 Å². The number of nitriles is 1. The first-order valence-electron chi connectivity index (χ1n) is 4.24. The van der Waals surface area contributed by atoms with Crippen molar-refractivity contribution in [3.8, 4) is 6.07 Å². The highest BCUT2D eigenvalue weighted by Crippen LogP contribution is 2.20. The van der Waals surface area contributed by atoms with E-state index in [1.54, 1.807) is 6.07 Å². The average Bonchev–Trinajstić information content (AvgIpc) is 2.21. The number of carbonyl (C=O) groups excluding carboxylic acids is 1. The number of anilines is 1. The summed E-state index contributed by atoms with van der Waals surface area (Å²) in [5, 5.41) is 19.5. The minimum Gasteiger partial charge on any atom is -0.478 e. The Balaban J connectivity index is 2.92. The van der Waals surface area contributed by atoms with E-state index in [1.807, 2.05) is 0 Å². The van der Waals surface area contributed by atoms with Crippen molar-refractivity contribution in [3.63, 3.8) is 0 Å². The van der Waals surface area contributed by atoms with Crippen LogP contribution in [0, 0.1) is 11.3 Å². The summed E-state index contributed by atoms with van der Waals surface area (Å²) >= 11 is 5.64. The normalized spacial score (nSPS) is 9.25. The zero-order valence-corrected chi connectivity index (χ0v) is 8.78. The molecule has 0 fully saturated rings. The van der Waals surface area contributed by atoms with E-state index in [0.717, 1.165) is 0 Å².